The number of aliphatic hydroxyl groups excluding tert-OH is 1. The van der Waals surface area contributed by atoms with E-state index in [-0.39, 0.29) is 6.10 Å². The number of aryl methyl sites for hydroxylation is 1. The fourth-order valence-corrected chi connectivity index (χ4v) is 6.00. The highest BCUT2D eigenvalue weighted by Gasteiger charge is 2.30. The molecule has 0 saturated heterocycles. The number of anilines is 1. The number of hydrogen-bond acceptors (Lipinski definition) is 3. The van der Waals surface area contributed by atoms with Crippen molar-refractivity contribution in [2.75, 3.05) is 24.5 Å². The van der Waals surface area contributed by atoms with Crippen LogP contribution in [0.2, 0.25) is 0 Å². The van der Waals surface area contributed by atoms with Gasteiger partial charge in [0.05, 0.1) is 12.3 Å². The topological polar surface area (TPSA) is 26.7 Å². The minimum Gasteiger partial charge on any atom is -0.388 e. The van der Waals surface area contributed by atoms with Crippen LogP contribution in [-0.2, 0) is 12.8 Å². The number of hydrogen-bond donors (Lipinski definition) is 1. The summed E-state index contributed by atoms with van der Waals surface area (Å²) >= 11 is 0. The first kappa shape index (κ1) is 25.5. The van der Waals surface area contributed by atoms with Gasteiger partial charge < -0.3 is 14.9 Å². The van der Waals surface area contributed by atoms with Crippen LogP contribution in [0.15, 0.2) is 60.6 Å². The van der Waals surface area contributed by atoms with E-state index in [1.54, 1.807) is 0 Å². The van der Waals surface area contributed by atoms with Crippen LogP contribution in [0, 0.1) is 0 Å². The fraction of sp³-hybridized carbons (Fsp3) is 0.469. The van der Waals surface area contributed by atoms with Gasteiger partial charge in [0, 0.05) is 11.9 Å². The Bertz CT molecular complexity index is 1120. The molecule has 0 spiro atoms. The summed E-state index contributed by atoms with van der Waals surface area (Å²) < 4.78 is 0. The van der Waals surface area contributed by atoms with E-state index in [2.05, 4.69) is 86.3 Å². The summed E-state index contributed by atoms with van der Waals surface area (Å²) in [5.41, 5.74) is 13.5. The maximum atomic E-state index is 10.6. The van der Waals surface area contributed by atoms with Crippen molar-refractivity contribution < 1.29 is 5.11 Å². The maximum absolute atomic E-state index is 10.6. The van der Waals surface area contributed by atoms with Gasteiger partial charge in [-0.1, -0.05) is 44.2 Å². The molecule has 0 fully saturated rings. The van der Waals surface area contributed by atoms with Crippen molar-refractivity contribution in [1.82, 2.24) is 4.90 Å². The molecule has 2 aliphatic rings. The Kier molecular flexibility index (Phi) is 8.34. The van der Waals surface area contributed by atoms with Gasteiger partial charge in [0.2, 0.25) is 0 Å². The van der Waals surface area contributed by atoms with Gasteiger partial charge in [0.1, 0.15) is 0 Å². The molecule has 2 aromatic rings. The second-order valence-corrected chi connectivity index (χ2v) is 10.3. The van der Waals surface area contributed by atoms with Gasteiger partial charge in [-0.15, -0.1) is 5.73 Å². The lowest BCUT2D eigenvalue weighted by atomic mass is 9.86. The zero-order chi connectivity index (χ0) is 24.9. The van der Waals surface area contributed by atoms with Gasteiger partial charge >= 0.3 is 0 Å². The second kappa shape index (κ2) is 11.4. The molecule has 0 bridgehead atoms. The van der Waals surface area contributed by atoms with Crippen LogP contribution in [0.25, 0.3) is 11.1 Å². The lowest BCUT2D eigenvalue weighted by Crippen LogP contribution is -2.24. The lowest BCUT2D eigenvalue weighted by Gasteiger charge is -2.24. The first-order valence-corrected chi connectivity index (χ1v) is 13.4. The highest BCUT2D eigenvalue weighted by Crippen LogP contribution is 2.47. The number of allylic oxidation sites excluding steroid dienone is 1. The predicted molar refractivity (Wildman–Crippen MR) is 149 cm³/mol. The van der Waals surface area contributed by atoms with Crippen molar-refractivity contribution in [3.05, 3.63) is 82.9 Å². The average Bonchev–Trinajstić information content (AvgIpc) is 3.15. The van der Waals surface area contributed by atoms with Crippen LogP contribution in [0.1, 0.15) is 87.7 Å². The van der Waals surface area contributed by atoms with Crippen LogP contribution in [0.4, 0.5) is 5.69 Å². The van der Waals surface area contributed by atoms with Crippen molar-refractivity contribution in [2.24, 2.45) is 0 Å². The van der Waals surface area contributed by atoms with E-state index in [0.717, 1.165) is 43.6 Å². The maximum Gasteiger partial charge on any atom is 0.0796 e. The summed E-state index contributed by atoms with van der Waals surface area (Å²) in [5.74, 6) is 0.552. The molecular formula is C32H42N2O. The predicted octanol–water partition coefficient (Wildman–Crippen LogP) is 7.51. The van der Waals surface area contributed by atoms with Gasteiger partial charge in [-0.3, -0.25) is 0 Å². The summed E-state index contributed by atoms with van der Waals surface area (Å²) in [5, 5.41) is 10.6. The first-order chi connectivity index (χ1) is 17.0. The van der Waals surface area contributed by atoms with E-state index in [4.69, 9.17) is 0 Å². The fourth-order valence-electron chi connectivity index (χ4n) is 6.00. The molecule has 0 heterocycles. The van der Waals surface area contributed by atoms with E-state index in [0.29, 0.717) is 5.92 Å². The number of benzene rings is 2. The average molecular weight is 471 g/mol. The molecule has 0 saturated carbocycles. The molecule has 2 aromatic carbocycles. The number of aliphatic hydroxyl groups is 1. The molecule has 0 amide bonds. The van der Waals surface area contributed by atoms with E-state index in [9.17, 15) is 5.11 Å². The lowest BCUT2D eigenvalue weighted by molar-refractivity contribution is 0.180. The molecule has 0 aromatic heterocycles. The second-order valence-electron chi connectivity index (χ2n) is 10.3. The highest BCUT2D eigenvalue weighted by atomic mass is 16.3. The molecular weight excluding hydrogens is 428 g/mol. The smallest absolute Gasteiger partial charge is 0.0796 e. The van der Waals surface area contributed by atoms with Crippen molar-refractivity contribution >= 4 is 5.69 Å². The number of fused-ring (bicyclic) bond motifs is 5. The van der Waals surface area contributed by atoms with E-state index in [1.807, 2.05) is 6.20 Å². The third kappa shape index (κ3) is 5.48. The Labute approximate surface area is 212 Å². The van der Waals surface area contributed by atoms with Gasteiger partial charge in [0.25, 0.3) is 0 Å². The van der Waals surface area contributed by atoms with Crippen LogP contribution in [-0.4, -0.2) is 29.6 Å². The summed E-state index contributed by atoms with van der Waals surface area (Å²) in [6.07, 6.45) is 10.2. The summed E-state index contributed by atoms with van der Waals surface area (Å²) in [7, 11) is 0. The van der Waals surface area contributed by atoms with E-state index >= 15 is 0 Å². The Morgan fingerprint density at radius 2 is 1.86 bits per heavy atom. The Morgan fingerprint density at radius 3 is 2.57 bits per heavy atom. The normalized spacial score (nSPS) is 18.2. The van der Waals surface area contributed by atoms with Gasteiger partial charge in [-0.05, 0) is 123 Å². The van der Waals surface area contributed by atoms with E-state index < -0.39 is 0 Å². The van der Waals surface area contributed by atoms with Gasteiger partial charge in [-0.25, -0.2) is 0 Å². The van der Waals surface area contributed by atoms with Crippen molar-refractivity contribution in [3.8, 4) is 11.1 Å². The van der Waals surface area contributed by atoms with Crippen LogP contribution < -0.4 is 4.90 Å². The van der Waals surface area contributed by atoms with Crippen LogP contribution in [0.5, 0.6) is 0 Å². The molecule has 4 rings (SSSR count). The minimum absolute atomic E-state index is 0.332. The van der Waals surface area contributed by atoms with Gasteiger partial charge in [-0.2, -0.15) is 0 Å². The SMILES string of the molecule is C=C=CN(C=C(C)C)c1ccc2c(c1)-c1c(ccc3c1CCC3O)CCC2CCCN(CC)CC. The number of nitrogens with zero attached hydrogens (tertiary/aromatic N) is 2. The van der Waals surface area contributed by atoms with Crippen LogP contribution >= 0.6 is 0 Å². The highest BCUT2D eigenvalue weighted by molar-refractivity contribution is 5.80. The third-order valence-corrected chi connectivity index (χ3v) is 7.82. The Balaban J connectivity index is 1.80. The van der Waals surface area contributed by atoms with Gasteiger partial charge in [0.15, 0.2) is 0 Å². The Morgan fingerprint density at radius 1 is 1.09 bits per heavy atom. The largest absolute Gasteiger partial charge is 0.388 e. The molecule has 1 N–H and O–H groups in total. The summed E-state index contributed by atoms with van der Waals surface area (Å²) in [4.78, 5) is 4.66. The van der Waals surface area contributed by atoms with Crippen molar-refractivity contribution in [2.45, 2.75) is 78.2 Å². The molecule has 2 atom stereocenters. The number of rotatable bonds is 9. The van der Waals surface area contributed by atoms with E-state index in [1.165, 1.54) is 59.2 Å². The molecule has 0 radical (unpaired) electrons. The minimum atomic E-state index is -0.332. The Hall–Kier alpha value is -2.58. The molecule has 0 aliphatic heterocycles. The molecule has 186 valence electrons. The standard InChI is InChI=1S/C32H42N2O/c1-6-19-34(22-23(4)5)26-14-16-27-24(10-9-20-33(7-2)8-3)11-12-25-13-15-28-29(17-18-31(28)35)32(25)30(27)21-26/h13-16,19,21-22,24,31,35H,1,7-12,17-18,20H2,2-5H3. The quantitative estimate of drug-likeness (QED) is 0.384. The summed E-state index contributed by atoms with van der Waals surface area (Å²) in [6.45, 7) is 16.0. The van der Waals surface area contributed by atoms with Crippen molar-refractivity contribution in [1.29, 1.82) is 0 Å². The summed E-state index contributed by atoms with van der Waals surface area (Å²) in [6, 6.07) is 11.5. The molecule has 2 aliphatic carbocycles. The molecule has 3 heteroatoms. The molecule has 2 unspecified atom stereocenters. The monoisotopic (exact) mass is 470 g/mol. The van der Waals surface area contributed by atoms with Crippen LogP contribution in [0.3, 0.4) is 0 Å². The third-order valence-electron chi connectivity index (χ3n) is 7.82. The molecule has 3 nitrogen and oxygen atoms in total. The first-order valence-electron chi connectivity index (χ1n) is 13.4. The van der Waals surface area contributed by atoms with Crippen molar-refractivity contribution in [3.63, 3.8) is 0 Å². The zero-order valence-electron chi connectivity index (χ0n) is 22.1. The molecule has 35 heavy (non-hydrogen) atoms. The zero-order valence-corrected chi connectivity index (χ0v) is 22.1.